The average Bonchev–Trinajstić information content (AvgIpc) is 3.31. The van der Waals surface area contributed by atoms with Gasteiger partial charge in [0.25, 0.3) is 5.91 Å². The van der Waals surface area contributed by atoms with Crippen molar-refractivity contribution in [2.45, 2.75) is 38.2 Å². The Kier molecular flexibility index (Phi) is 3.83. The number of hydrogen-bond acceptors (Lipinski definition) is 4. The molecule has 0 aromatic carbocycles. The number of aryl methyl sites for hydroxylation is 1. The third kappa shape index (κ3) is 2.51. The fraction of sp³-hybridized carbons (Fsp3) is 0.706. The van der Waals surface area contributed by atoms with Crippen molar-refractivity contribution in [3.63, 3.8) is 0 Å². The predicted molar refractivity (Wildman–Crippen MR) is 87.4 cm³/mol. The van der Waals surface area contributed by atoms with Crippen LogP contribution in [-0.4, -0.2) is 58.8 Å². The SMILES string of the molecule is Cn1cc(N2CCC3(CCCN(C(=O)[C@@H]4CCCO4)C3)C2=O)cn1. The van der Waals surface area contributed by atoms with E-state index in [1.165, 1.54) is 0 Å². The molecule has 4 rings (SSSR count). The average molecular weight is 332 g/mol. The van der Waals surface area contributed by atoms with Crippen molar-refractivity contribution in [1.82, 2.24) is 14.7 Å². The maximum absolute atomic E-state index is 13.1. The first kappa shape index (κ1) is 15.6. The molecule has 7 nitrogen and oxygen atoms in total. The first-order valence-electron chi connectivity index (χ1n) is 8.80. The second-order valence-corrected chi connectivity index (χ2v) is 7.22. The smallest absolute Gasteiger partial charge is 0.251 e. The van der Waals surface area contributed by atoms with E-state index in [1.807, 2.05) is 23.0 Å². The summed E-state index contributed by atoms with van der Waals surface area (Å²) in [4.78, 5) is 29.5. The first-order valence-corrected chi connectivity index (χ1v) is 8.80. The molecular formula is C17H24N4O3. The molecule has 0 N–H and O–H groups in total. The van der Waals surface area contributed by atoms with E-state index in [-0.39, 0.29) is 17.9 Å². The molecule has 3 saturated heterocycles. The molecule has 2 atom stereocenters. The van der Waals surface area contributed by atoms with E-state index in [1.54, 1.807) is 10.9 Å². The minimum absolute atomic E-state index is 0.0687. The van der Waals surface area contributed by atoms with E-state index in [4.69, 9.17) is 4.74 Å². The summed E-state index contributed by atoms with van der Waals surface area (Å²) in [5.74, 6) is 0.208. The molecule has 7 heteroatoms. The molecule has 2 amide bonds. The maximum Gasteiger partial charge on any atom is 0.251 e. The molecular weight excluding hydrogens is 308 g/mol. The fourth-order valence-corrected chi connectivity index (χ4v) is 4.29. The van der Waals surface area contributed by atoms with Gasteiger partial charge in [0.05, 0.1) is 17.3 Å². The van der Waals surface area contributed by atoms with E-state index in [9.17, 15) is 9.59 Å². The van der Waals surface area contributed by atoms with Crippen molar-refractivity contribution >= 4 is 17.5 Å². The van der Waals surface area contributed by atoms with Gasteiger partial charge < -0.3 is 14.5 Å². The second kappa shape index (κ2) is 5.88. The number of amides is 2. The molecule has 1 spiro atoms. The lowest BCUT2D eigenvalue weighted by Gasteiger charge is -2.39. The molecule has 0 saturated carbocycles. The van der Waals surface area contributed by atoms with Crippen LogP contribution in [0, 0.1) is 5.41 Å². The Morgan fingerprint density at radius 1 is 1.33 bits per heavy atom. The zero-order valence-corrected chi connectivity index (χ0v) is 14.1. The van der Waals surface area contributed by atoms with Crippen LogP contribution in [0.4, 0.5) is 5.69 Å². The van der Waals surface area contributed by atoms with Gasteiger partial charge in [0.2, 0.25) is 5.91 Å². The van der Waals surface area contributed by atoms with Gasteiger partial charge in [-0.1, -0.05) is 0 Å². The van der Waals surface area contributed by atoms with E-state index in [0.29, 0.717) is 19.7 Å². The minimum Gasteiger partial charge on any atom is -0.368 e. The number of anilines is 1. The molecule has 1 aromatic heterocycles. The Morgan fingerprint density at radius 2 is 2.21 bits per heavy atom. The van der Waals surface area contributed by atoms with Gasteiger partial charge in [-0.3, -0.25) is 14.3 Å². The van der Waals surface area contributed by atoms with Gasteiger partial charge in [0.1, 0.15) is 6.10 Å². The molecule has 1 unspecified atom stereocenters. The summed E-state index contributed by atoms with van der Waals surface area (Å²) in [7, 11) is 1.85. The molecule has 24 heavy (non-hydrogen) atoms. The van der Waals surface area contributed by atoms with E-state index >= 15 is 0 Å². The monoisotopic (exact) mass is 332 g/mol. The van der Waals surface area contributed by atoms with Gasteiger partial charge >= 0.3 is 0 Å². The highest BCUT2D eigenvalue weighted by atomic mass is 16.5. The van der Waals surface area contributed by atoms with Crippen LogP contribution in [0.15, 0.2) is 12.4 Å². The van der Waals surface area contributed by atoms with Gasteiger partial charge in [0, 0.05) is 39.5 Å². The topological polar surface area (TPSA) is 67.7 Å². The molecule has 1 aromatic rings. The Bertz CT molecular complexity index is 652. The Labute approximate surface area is 141 Å². The molecule has 3 aliphatic heterocycles. The normalized spacial score (nSPS) is 30.5. The van der Waals surface area contributed by atoms with Crippen LogP contribution in [0.3, 0.4) is 0 Å². The third-order valence-electron chi connectivity index (χ3n) is 5.61. The number of rotatable bonds is 2. The Morgan fingerprint density at radius 3 is 2.92 bits per heavy atom. The summed E-state index contributed by atoms with van der Waals surface area (Å²) >= 11 is 0. The van der Waals surface area contributed by atoms with E-state index in [0.717, 1.165) is 44.3 Å². The van der Waals surface area contributed by atoms with Gasteiger partial charge in [-0.2, -0.15) is 5.10 Å². The lowest BCUT2D eigenvalue weighted by Crippen LogP contribution is -2.52. The standard InChI is InChI=1S/C17H24N4O3/c1-19-11-13(10-18-19)21-8-6-17(16(21)23)5-3-7-20(12-17)15(22)14-4-2-9-24-14/h10-11,14H,2-9,12H2,1H3/t14-,17?/m0/s1. The third-order valence-corrected chi connectivity index (χ3v) is 5.61. The summed E-state index contributed by atoms with van der Waals surface area (Å²) in [5, 5.41) is 4.17. The number of piperidine rings is 1. The number of carbonyl (C=O) groups excluding carboxylic acids is 2. The van der Waals surface area contributed by atoms with Crippen molar-refractivity contribution < 1.29 is 14.3 Å². The van der Waals surface area contributed by atoms with Crippen molar-refractivity contribution in [1.29, 1.82) is 0 Å². The van der Waals surface area contributed by atoms with Crippen molar-refractivity contribution in [2.75, 3.05) is 31.1 Å². The van der Waals surface area contributed by atoms with Crippen molar-refractivity contribution in [3.8, 4) is 0 Å². The number of hydrogen-bond donors (Lipinski definition) is 0. The van der Waals surface area contributed by atoms with Crippen LogP contribution in [0.2, 0.25) is 0 Å². The van der Waals surface area contributed by atoms with Gasteiger partial charge in [0.15, 0.2) is 0 Å². The lowest BCUT2D eigenvalue weighted by atomic mass is 9.78. The lowest BCUT2D eigenvalue weighted by molar-refractivity contribution is -0.146. The molecule has 0 bridgehead atoms. The van der Waals surface area contributed by atoms with Crippen LogP contribution < -0.4 is 4.90 Å². The van der Waals surface area contributed by atoms with Gasteiger partial charge in [-0.05, 0) is 32.1 Å². The Hall–Kier alpha value is -1.89. The number of nitrogens with zero attached hydrogens (tertiary/aromatic N) is 4. The van der Waals surface area contributed by atoms with E-state index in [2.05, 4.69) is 5.10 Å². The zero-order valence-electron chi connectivity index (χ0n) is 14.1. The summed E-state index contributed by atoms with van der Waals surface area (Å²) in [6, 6.07) is 0. The number of ether oxygens (including phenoxy) is 1. The van der Waals surface area contributed by atoms with Crippen molar-refractivity contribution in [2.24, 2.45) is 12.5 Å². The van der Waals surface area contributed by atoms with Gasteiger partial charge in [-0.25, -0.2) is 0 Å². The minimum atomic E-state index is -0.428. The summed E-state index contributed by atoms with van der Waals surface area (Å²) in [6.45, 7) is 2.64. The molecule has 130 valence electrons. The van der Waals surface area contributed by atoms with Crippen LogP contribution in [0.1, 0.15) is 32.1 Å². The summed E-state index contributed by atoms with van der Waals surface area (Å²) < 4.78 is 7.25. The number of carbonyl (C=O) groups is 2. The Balaban J connectivity index is 1.50. The predicted octanol–water partition coefficient (Wildman–Crippen LogP) is 0.945. The van der Waals surface area contributed by atoms with Crippen LogP contribution in [0.25, 0.3) is 0 Å². The molecule has 0 aliphatic carbocycles. The molecule has 3 fully saturated rings. The zero-order chi connectivity index (χ0) is 16.7. The molecule has 0 radical (unpaired) electrons. The van der Waals surface area contributed by atoms with Crippen LogP contribution >= 0.6 is 0 Å². The van der Waals surface area contributed by atoms with Crippen LogP contribution in [0.5, 0.6) is 0 Å². The second-order valence-electron chi connectivity index (χ2n) is 7.22. The van der Waals surface area contributed by atoms with Crippen molar-refractivity contribution in [3.05, 3.63) is 12.4 Å². The van der Waals surface area contributed by atoms with Crippen LogP contribution in [-0.2, 0) is 21.4 Å². The molecule has 3 aliphatic rings. The summed E-state index contributed by atoms with van der Waals surface area (Å²) in [6.07, 6.45) is 7.59. The summed E-state index contributed by atoms with van der Waals surface area (Å²) in [5.41, 5.74) is 0.421. The van der Waals surface area contributed by atoms with Gasteiger partial charge in [-0.15, -0.1) is 0 Å². The quantitative estimate of drug-likeness (QED) is 0.808. The number of aromatic nitrogens is 2. The highest BCUT2D eigenvalue weighted by Gasteiger charge is 2.50. The highest BCUT2D eigenvalue weighted by Crippen LogP contribution is 2.42. The first-order chi connectivity index (χ1) is 11.6. The van der Waals surface area contributed by atoms with E-state index < -0.39 is 5.41 Å². The molecule has 4 heterocycles. The highest BCUT2D eigenvalue weighted by molar-refractivity contribution is 6.00. The number of likely N-dealkylation sites (tertiary alicyclic amines) is 1. The maximum atomic E-state index is 13.1. The fourth-order valence-electron chi connectivity index (χ4n) is 4.29. The largest absolute Gasteiger partial charge is 0.368 e.